The fourth-order valence-electron chi connectivity index (χ4n) is 1.23. The number of hydrogen-bond acceptors (Lipinski definition) is 2. The summed E-state index contributed by atoms with van der Waals surface area (Å²) in [7, 11) is 0. The van der Waals surface area contributed by atoms with Crippen LogP contribution in [0.25, 0.3) is 0 Å². The summed E-state index contributed by atoms with van der Waals surface area (Å²) in [5.74, 6) is -0.0183. The largest absolute Gasteiger partial charge is 0.506 e. The second-order valence-corrected chi connectivity index (χ2v) is 4.29. The van der Waals surface area contributed by atoms with E-state index in [1.54, 1.807) is 0 Å². The first-order chi connectivity index (χ1) is 6.54. The Morgan fingerprint density at radius 2 is 2.21 bits per heavy atom. The van der Waals surface area contributed by atoms with Gasteiger partial charge in [0.1, 0.15) is 11.6 Å². The maximum atomic E-state index is 13.0. The first-order valence-electron chi connectivity index (χ1n) is 4.41. The average molecular weight is 262 g/mol. The molecule has 0 radical (unpaired) electrons. The van der Waals surface area contributed by atoms with E-state index in [2.05, 4.69) is 15.9 Å². The molecule has 0 heterocycles. The van der Waals surface area contributed by atoms with Gasteiger partial charge >= 0.3 is 0 Å². The van der Waals surface area contributed by atoms with Crippen molar-refractivity contribution in [3.63, 3.8) is 0 Å². The fraction of sp³-hybridized carbons (Fsp3) is 0.400. The molecule has 1 aromatic rings. The lowest BCUT2D eigenvalue weighted by Gasteiger charge is -2.11. The molecule has 1 rings (SSSR count). The standard InChI is InChI=1S/C10H13BrFNO/c1-6(5-13)2-7-3-8(12)4-9(11)10(7)14/h3-4,6,14H,2,5,13H2,1H3. The van der Waals surface area contributed by atoms with E-state index < -0.39 is 0 Å². The van der Waals surface area contributed by atoms with Gasteiger partial charge in [0.25, 0.3) is 0 Å². The second-order valence-electron chi connectivity index (χ2n) is 3.44. The zero-order valence-electron chi connectivity index (χ0n) is 7.93. The first kappa shape index (κ1) is 11.5. The van der Waals surface area contributed by atoms with Crippen molar-refractivity contribution in [2.45, 2.75) is 13.3 Å². The Morgan fingerprint density at radius 3 is 2.79 bits per heavy atom. The van der Waals surface area contributed by atoms with Crippen LogP contribution in [0.1, 0.15) is 12.5 Å². The van der Waals surface area contributed by atoms with E-state index in [0.29, 0.717) is 23.0 Å². The molecular weight excluding hydrogens is 249 g/mol. The summed E-state index contributed by atoms with van der Waals surface area (Å²) < 4.78 is 13.4. The van der Waals surface area contributed by atoms with Crippen LogP contribution in [0.15, 0.2) is 16.6 Å². The van der Waals surface area contributed by atoms with Gasteiger partial charge < -0.3 is 10.8 Å². The molecule has 0 saturated carbocycles. The molecule has 1 unspecified atom stereocenters. The van der Waals surface area contributed by atoms with Gasteiger partial charge in [0, 0.05) is 0 Å². The minimum atomic E-state index is -0.353. The lowest BCUT2D eigenvalue weighted by Crippen LogP contribution is -2.13. The SMILES string of the molecule is CC(CN)Cc1cc(F)cc(Br)c1O. The number of benzene rings is 1. The van der Waals surface area contributed by atoms with Crippen LogP contribution in [-0.4, -0.2) is 11.7 Å². The van der Waals surface area contributed by atoms with Crippen molar-refractivity contribution in [3.8, 4) is 5.75 Å². The number of rotatable bonds is 3. The maximum Gasteiger partial charge on any atom is 0.133 e. The number of hydrogen-bond donors (Lipinski definition) is 2. The Labute approximate surface area is 91.1 Å². The van der Waals surface area contributed by atoms with Crippen molar-refractivity contribution < 1.29 is 9.50 Å². The summed E-state index contributed by atoms with van der Waals surface area (Å²) in [6, 6.07) is 2.58. The van der Waals surface area contributed by atoms with Crippen LogP contribution in [0.3, 0.4) is 0 Å². The Balaban J connectivity index is 2.96. The molecule has 14 heavy (non-hydrogen) atoms. The molecular formula is C10H13BrFNO. The smallest absolute Gasteiger partial charge is 0.133 e. The van der Waals surface area contributed by atoms with Crippen LogP contribution in [-0.2, 0) is 6.42 Å². The summed E-state index contributed by atoms with van der Waals surface area (Å²) >= 11 is 3.09. The van der Waals surface area contributed by atoms with Crippen LogP contribution in [0.4, 0.5) is 4.39 Å². The molecule has 3 N–H and O–H groups in total. The van der Waals surface area contributed by atoms with E-state index in [-0.39, 0.29) is 17.5 Å². The number of halogens is 2. The lowest BCUT2D eigenvalue weighted by molar-refractivity contribution is 0.453. The second kappa shape index (κ2) is 4.75. The summed E-state index contributed by atoms with van der Waals surface area (Å²) in [5.41, 5.74) is 6.05. The molecule has 2 nitrogen and oxygen atoms in total. The van der Waals surface area contributed by atoms with E-state index in [1.807, 2.05) is 6.92 Å². The predicted octanol–water partition coefficient (Wildman–Crippen LogP) is 2.43. The molecule has 0 fully saturated rings. The highest BCUT2D eigenvalue weighted by molar-refractivity contribution is 9.10. The van der Waals surface area contributed by atoms with Crippen molar-refractivity contribution in [2.24, 2.45) is 11.7 Å². The minimum Gasteiger partial charge on any atom is -0.506 e. The Bertz CT molecular complexity index is 330. The van der Waals surface area contributed by atoms with Gasteiger partial charge in [-0.1, -0.05) is 6.92 Å². The van der Waals surface area contributed by atoms with E-state index in [1.165, 1.54) is 12.1 Å². The molecule has 0 aliphatic carbocycles. The van der Waals surface area contributed by atoms with Gasteiger partial charge in [-0.3, -0.25) is 0 Å². The molecule has 1 aromatic carbocycles. The topological polar surface area (TPSA) is 46.2 Å². The monoisotopic (exact) mass is 261 g/mol. The fourth-order valence-corrected chi connectivity index (χ4v) is 1.71. The van der Waals surface area contributed by atoms with Gasteiger partial charge in [-0.25, -0.2) is 4.39 Å². The molecule has 0 amide bonds. The highest BCUT2D eigenvalue weighted by Crippen LogP contribution is 2.30. The molecule has 0 saturated heterocycles. The van der Waals surface area contributed by atoms with Gasteiger partial charge in [0.2, 0.25) is 0 Å². The number of phenols is 1. The van der Waals surface area contributed by atoms with Crippen molar-refractivity contribution in [3.05, 3.63) is 28.0 Å². The molecule has 0 bridgehead atoms. The van der Waals surface area contributed by atoms with Gasteiger partial charge in [-0.2, -0.15) is 0 Å². The third-order valence-electron chi connectivity index (χ3n) is 2.08. The first-order valence-corrected chi connectivity index (χ1v) is 5.20. The van der Waals surface area contributed by atoms with Crippen molar-refractivity contribution in [2.75, 3.05) is 6.54 Å². The lowest BCUT2D eigenvalue weighted by atomic mass is 10.0. The Hall–Kier alpha value is -0.610. The number of phenolic OH excluding ortho intramolecular Hbond substituents is 1. The zero-order valence-corrected chi connectivity index (χ0v) is 9.51. The Morgan fingerprint density at radius 1 is 1.57 bits per heavy atom. The van der Waals surface area contributed by atoms with Crippen LogP contribution < -0.4 is 5.73 Å². The molecule has 78 valence electrons. The molecule has 0 spiro atoms. The summed E-state index contributed by atoms with van der Waals surface area (Å²) in [6.45, 7) is 2.48. The van der Waals surface area contributed by atoms with E-state index in [4.69, 9.17) is 5.73 Å². The number of aromatic hydroxyl groups is 1. The van der Waals surface area contributed by atoms with Crippen LogP contribution in [0.5, 0.6) is 5.75 Å². The summed E-state index contributed by atoms with van der Waals surface area (Å²) in [6.07, 6.45) is 0.582. The van der Waals surface area contributed by atoms with Crippen LogP contribution >= 0.6 is 15.9 Å². The zero-order chi connectivity index (χ0) is 10.7. The van der Waals surface area contributed by atoms with Gasteiger partial charge in [-0.05, 0) is 52.5 Å². The predicted molar refractivity (Wildman–Crippen MR) is 57.7 cm³/mol. The van der Waals surface area contributed by atoms with Gasteiger partial charge in [0.15, 0.2) is 0 Å². The Kier molecular flexibility index (Phi) is 3.89. The van der Waals surface area contributed by atoms with E-state index >= 15 is 0 Å². The average Bonchev–Trinajstić information content (AvgIpc) is 2.13. The van der Waals surface area contributed by atoms with Crippen molar-refractivity contribution in [1.82, 2.24) is 0 Å². The molecule has 0 aromatic heterocycles. The van der Waals surface area contributed by atoms with E-state index in [0.717, 1.165) is 0 Å². The third-order valence-corrected chi connectivity index (χ3v) is 2.68. The highest BCUT2D eigenvalue weighted by Gasteiger charge is 2.10. The number of nitrogens with two attached hydrogens (primary N) is 1. The normalized spacial score (nSPS) is 12.9. The molecule has 1 atom stereocenters. The van der Waals surface area contributed by atoms with Gasteiger partial charge in [-0.15, -0.1) is 0 Å². The summed E-state index contributed by atoms with van der Waals surface area (Å²) in [4.78, 5) is 0. The third kappa shape index (κ3) is 2.69. The van der Waals surface area contributed by atoms with Crippen molar-refractivity contribution in [1.29, 1.82) is 0 Å². The summed E-state index contributed by atoms with van der Waals surface area (Å²) in [5, 5.41) is 9.61. The van der Waals surface area contributed by atoms with Crippen LogP contribution in [0, 0.1) is 11.7 Å². The van der Waals surface area contributed by atoms with E-state index in [9.17, 15) is 9.50 Å². The quantitative estimate of drug-likeness (QED) is 0.878. The van der Waals surface area contributed by atoms with Crippen molar-refractivity contribution >= 4 is 15.9 Å². The maximum absolute atomic E-state index is 13.0. The minimum absolute atomic E-state index is 0.103. The highest BCUT2D eigenvalue weighted by atomic mass is 79.9. The molecule has 0 aliphatic rings. The molecule has 4 heteroatoms. The molecule has 0 aliphatic heterocycles. The van der Waals surface area contributed by atoms with Crippen LogP contribution in [0.2, 0.25) is 0 Å². The van der Waals surface area contributed by atoms with Gasteiger partial charge in [0.05, 0.1) is 4.47 Å².